The van der Waals surface area contributed by atoms with Gasteiger partial charge in [0.1, 0.15) is 0 Å². The normalized spacial score (nSPS) is 11.1. The van der Waals surface area contributed by atoms with Crippen molar-refractivity contribution in [3.05, 3.63) is 71.3 Å². The zero-order valence-corrected chi connectivity index (χ0v) is 12.5. The minimum Gasteiger partial charge on any atom is -0.297 e. The van der Waals surface area contributed by atoms with E-state index in [0.29, 0.717) is 0 Å². The van der Waals surface area contributed by atoms with E-state index in [1.165, 1.54) is 0 Å². The van der Waals surface area contributed by atoms with Crippen LogP contribution >= 0.6 is 22.9 Å². The molecule has 0 saturated carbocycles. The molecule has 4 rings (SSSR count). The molecule has 0 unspecified atom stereocenters. The van der Waals surface area contributed by atoms with Crippen LogP contribution in [0, 0.1) is 6.07 Å². The molecule has 0 aliphatic heterocycles. The summed E-state index contributed by atoms with van der Waals surface area (Å²) in [5.74, 6) is 0. The highest BCUT2D eigenvalue weighted by atomic mass is 35.5. The molecule has 0 aliphatic carbocycles. The van der Waals surface area contributed by atoms with E-state index in [9.17, 15) is 0 Å². The fraction of sp³-hybridized carbons (Fsp3) is 0. The molecular formula is C17H10ClN2S. The van der Waals surface area contributed by atoms with E-state index < -0.39 is 0 Å². The van der Waals surface area contributed by atoms with E-state index in [1.807, 2.05) is 58.6 Å². The first-order valence-corrected chi connectivity index (χ1v) is 7.76. The Labute approximate surface area is 131 Å². The number of aromatic nitrogens is 2. The molecule has 2 nitrogen and oxygen atoms in total. The van der Waals surface area contributed by atoms with Gasteiger partial charge in [-0.3, -0.25) is 4.40 Å². The predicted molar refractivity (Wildman–Crippen MR) is 87.8 cm³/mol. The van der Waals surface area contributed by atoms with Gasteiger partial charge < -0.3 is 0 Å². The molecule has 2 heterocycles. The van der Waals surface area contributed by atoms with Gasteiger partial charge in [-0.05, 0) is 35.9 Å². The number of hydrogen-bond donors (Lipinski definition) is 0. The Kier molecular flexibility index (Phi) is 3.02. The predicted octanol–water partition coefficient (Wildman–Crippen LogP) is 5.18. The molecule has 0 bridgehead atoms. The van der Waals surface area contributed by atoms with Crippen molar-refractivity contribution < 1.29 is 0 Å². The third-order valence-electron chi connectivity index (χ3n) is 3.36. The molecule has 4 aromatic rings. The second-order valence-electron chi connectivity index (χ2n) is 4.71. The highest BCUT2D eigenvalue weighted by Crippen LogP contribution is 2.30. The zero-order valence-electron chi connectivity index (χ0n) is 11.0. The van der Waals surface area contributed by atoms with Crippen LogP contribution in [0.2, 0.25) is 5.02 Å². The summed E-state index contributed by atoms with van der Waals surface area (Å²) in [6, 6.07) is 17.0. The lowest BCUT2D eigenvalue weighted by Crippen LogP contribution is -1.82. The Hall–Kier alpha value is -2.10. The minimum atomic E-state index is 0.744. The molecule has 2 aromatic heterocycles. The van der Waals surface area contributed by atoms with Crippen molar-refractivity contribution in [1.82, 2.24) is 9.38 Å². The van der Waals surface area contributed by atoms with Crippen molar-refractivity contribution in [1.29, 1.82) is 0 Å². The van der Waals surface area contributed by atoms with E-state index in [2.05, 4.69) is 17.1 Å². The summed E-state index contributed by atoms with van der Waals surface area (Å²) in [6.07, 6.45) is 4.05. The average molecular weight is 310 g/mol. The summed E-state index contributed by atoms with van der Waals surface area (Å²) in [5, 5.41) is 2.77. The van der Waals surface area contributed by atoms with Gasteiger partial charge in [0.25, 0.3) is 0 Å². The Bertz CT molecular complexity index is 895. The van der Waals surface area contributed by atoms with Crippen LogP contribution in [0.5, 0.6) is 0 Å². The smallest absolute Gasteiger partial charge is 0.194 e. The lowest BCUT2D eigenvalue weighted by atomic mass is 10.0. The topological polar surface area (TPSA) is 17.3 Å². The first-order chi connectivity index (χ1) is 10.3. The lowest BCUT2D eigenvalue weighted by molar-refractivity contribution is 1.23. The third kappa shape index (κ3) is 2.24. The van der Waals surface area contributed by atoms with Crippen molar-refractivity contribution in [2.45, 2.75) is 0 Å². The average Bonchev–Trinajstić information content (AvgIpc) is 3.09. The van der Waals surface area contributed by atoms with Crippen molar-refractivity contribution >= 4 is 27.9 Å². The number of benzene rings is 2. The number of imidazole rings is 1. The third-order valence-corrected chi connectivity index (χ3v) is 4.46. The maximum atomic E-state index is 6.27. The van der Waals surface area contributed by atoms with Gasteiger partial charge in [0, 0.05) is 33.9 Å². The van der Waals surface area contributed by atoms with Crippen molar-refractivity contribution in [3.8, 4) is 22.4 Å². The summed E-state index contributed by atoms with van der Waals surface area (Å²) in [7, 11) is 0. The lowest BCUT2D eigenvalue weighted by Gasteiger charge is -2.05. The number of thiazole rings is 1. The molecule has 0 saturated heterocycles. The molecule has 2 aromatic carbocycles. The summed E-state index contributed by atoms with van der Waals surface area (Å²) in [4.78, 5) is 5.62. The maximum Gasteiger partial charge on any atom is 0.194 e. The number of hydrogen-bond acceptors (Lipinski definition) is 2. The second kappa shape index (κ2) is 5.02. The second-order valence-corrected chi connectivity index (χ2v) is 5.99. The van der Waals surface area contributed by atoms with Crippen LogP contribution in [0.1, 0.15) is 0 Å². The molecule has 0 spiro atoms. The van der Waals surface area contributed by atoms with Gasteiger partial charge in [-0.15, -0.1) is 11.3 Å². The highest BCUT2D eigenvalue weighted by Gasteiger charge is 2.08. The summed E-state index contributed by atoms with van der Waals surface area (Å²) in [6.45, 7) is 0. The SMILES string of the molecule is Clc1ccccc1-c1c[c]cc(-c2cn3ccsc3n2)c1. The minimum absolute atomic E-state index is 0.744. The van der Waals surface area contributed by atoms with Crippen molar-refractivity contribution in [2.75, 3.05) is 0 Å². The molecule has 1 radical (unpaired) electrons. The van der Waals surface area contributed by atoms with Crippen LogP contribution < -0.4 is 0 Å². The zero-order chi connectivity index (χ0) is 14.2. The first kappa shape index (κ1) is 12.6. The molecule has 0 aliphatic rings. The molecule has 101 valence electrons. The Morgan fingerprint density at radius 3 is 2.86 bits per heavy atom. The molecule has 0 atom stereocenters. The van der Waals surface area contributed by atoms with Crippen LogP contribution in [0.3, 0.4) is 0 Å². The van der Waals surface area contributed by atoms with Crippen molar-refractivity contribution in [3.63, 3.8) is 0 Å². The highest BCUT2D eigenvalue weighted by molar-refractivity contribution is 7.15. The Morgan fingerprint density at radius 1 is 1.14 bits per heavy atom. The van der Waals surface area contributed by atoms with Crippen LogP contribution in [0.4, 0.5) is 0 Å². The maximum absolute atomic E-state index is 6.27. The summed E-state index contributed by atoms with van der Waals surface area (Å²) < 4.78 is 2.03. The summed E-state index contributed by atoms with van der Waals surface area (Å²) >= 11 is 7.90. The van der Waals surface area contributed by atoms with Gasteiger partial charge in [0.15, 0.2) is 4.96 Å². The van der Waals surface area contributed by atoms with Gasteiger partial charge in [-0.2, -0.15) is 0 Å². The van der Waals surface area contributed by atoms with Gasteiger partial charge in [0.2, 0.25) is 0 Å². The van der Waals surface area contributed by atoms with E-state index in [1.54, 1.807) is 11.3 Å². The number of nitrogens with zero attached hydrogens (tertiary/aromatic N) is 2. The van der Waals surface area contributed by atoms with Gasteiger partial charge in [-0.25, -0.2) is 4.98 Å². The fourth-order valence-corrected chi connectivity index (χ4v) is 3.28. The van der Waals surface area contributed by atoms with Crippen molar-refractivity contribution in [2.24, 2.45) is 0 Å². The molecular weight excluding hydrogens is 300 g/mol. The summed E-state index contributed by atoms with van der Waals surface area (Å²) in [5.41, 5.74) is 4.06. The molecule has 0 amide bonds. The van der Waals surface area contributed by atoms with E-state index in [-0.39, 0.29) is 0 Å². The Morgan fingerprint density at radius 2 is 2.00 bits per heavy atom. The standard InChI is InChI=1S/C17H10ClN2S/c18-15-7-2-1-6-14(15)12-4-3-5-13(10-12)16-11-20-8-9-21-17(20)19-16/h1-2,4-11H. The quantitative estimate of drug-likeness (QED) is 0.498. The van der Waals surface area contributed by atoms with Gasteiger partial charge >= 0.3 is 0 Å². The molecule has 0 fully saturated rings. The number of rotatable bonds is 2. The van der Waals surface area contributed by atoms with Crippen LogP contribution in [0.25, 0.3) is 27.3 Å². The number of fused-ring (bicyclic) bond motifs is 1. The Balaban J connectivity index is 1.83. The van der Waals surface area contributed by atoms with E-state index in [0.717, 1.165) is 32.4 Å². The van der Waals surface area contributed by atoms with Crippen LogP contribution in [-0.2, 0) is 0 Å². The van der Waals surface area contributed by atoms with Gasteiger partial charge in [0.05, 0.1) is 5.69 Å². The van der Waals surface area contributed by atoms with E-state index >= 15 is 0 Å². The molecule has 21 heavy (non-hydrogen) atoms. The molecule has 4 heteroatoms. The van der Waals surface area contributed by atoms with Gasteiger partial charge in [-0.1, -0.05) is 29.8 Å². The fourth-order valence-electron chi connectivity index (χ4n) is 2.34. The largest absolute Gasteiger partial charge is 0.297 e. The van der Waals surface area contributed by atoms with Crippen LogP contribution in [-0.4, -0.2) is 9.38 Å². The molecule has 0 N–H and O–H groups in total. The van der Waals surface area contributed by atoms with E-state index in [4.69, 9.17) is 11.6 Å². The first-order valence-electron chi connectivity index (χ1n) is 6.50. The van der Waals surface area contributed by atoms with Crippen LogP contribution in [0.15, 0.2) is 60.2 Å². The number of halogens is 1. The monoisotopic (exact) mass is 309 g/mol.